The van der Waals surface area contributed by atoms with Crippen molar-refractivity contribution in [3.63, 3.8) is 0 Å². The van der Waals surface area contributed by atoms with Gasteiger partial charge in [0.05, 0.1) is 6.42 Å². The maximum atomic E-state index is 11.2. The molecule has 0 fully saturated rings. The average Bonchev–Trinajstić information content (AvgIpc) is 2.01. The Morgan fingerprint density at radius 1 is 1.08 bits per heavy atom. The number of carbonyl (C=O) groups is 2. The summed E-state index contributed by atoms with van der Waals surface area (Å²) in [5, 5.41) is 0. The minimum Gasteiger partial charge on any atom is -0.299 e. The van der Waals surface area contributed by atoms with Crippen LogP contribution in [0.4, 0.5) is 0 Å². The fourth-order valence-electron chi connectivity index (χ4n) is 1.13. The van der Waals surface area contributed by atoms with Gasteiger partial charge in [0.2, 0.25) is 0 Å². The highest BCUT2D eigenvalue weighted by Gasteiger charge is 2.08. The van der Waals surface area contributed by atoms with Crippen molar-refractivity contribution in [1.29, 1.82) is 0 Å². The normalized spacial score (nSPS) is 10.5. The van der Waals surface area contributed by atoms with Crippen molar-refractivity contribution in [1.82, 2.24) is 0 Å². The largest absolute Gasteiger partial charge is 0.299 e. The molecule has 0 saturated heterocycles. The Hall–Kier alpha value is -0.660. The smallest absolute Gasteiger partial charge is 0.140 e. The van der Waals surface area contributed by atoms with E-state index < -0.39 is 0 Å². The molecule has 0 aromatic carbocycles. The lowest BCUT2D eigenvalue weighted by atomic mass is 10.0. The van der Waals surface area contributed by atoms with Gasteiger partial charge in [-0.1, -0.05) is 20.8 Å². The third-order valence-electron chi connectivity index (χ3n) is 1.92. The molecule has 0 amide bonds. The molecule has 0 aromatic rings. The molecule has 2 heteroatoms. The number of hydrogen-bond donors (Lipinski definition) is 0. The molecule has 0 aromatic heterocycles. The molecule has 0 aliphatic heterocycles. The Balaban J connectivity index is 3.56. The van der Waals surface area contributed by atoms with Crippen LogP contribution in [0, 0.1) is 5.92 Å². The molecular formula is C11H20O2. The molecular weight excluding hydrogens is 164 g/mol. The van der Waals surface area contributed by atoms with Crippen LogP contribution in [0.25, 0.3) is 0 Å². The van der Waals surface area contributed by atoms with Crippen LogP contribution in [0.3, 0.4) is 0 Å². The Kier molecular flexibility index (Phi) is 6.47. The number of hydrogen-bond acceptors (Lipinski definition) is 2. The summed E-state index contributed by atoms with van der Waals surface area (Å²) in [5.41, 5.74) is 0. The van der Waals surface area contributed by atoms with Gasteiger partial charge in [0.1, 0.15) is 11.6 Å². The lowest BCUT2D eigenvalue weighted by Gasteiger charge is -2.02. The van der Waals surface area contributed by atoms with E-state index in [2.05, 4.69) is 13.8 Å². The van der Waals surface area contributed by atoms with Gasteiger partial charge in [-0.05, 0) is 18.8 Å². The van der Waals surface area contributed by atoms with E-state index in [9.17, 15) is 9.59 Å². The molecule has 2 nitrogen and oxygen atoms in total. The molecule has 0 unspecified atom stereocenters. The first-order valence-electron chi connectivity index (χ1n) is 5.09. The van der Waals surface area contributed by atoms with Crippen molar-refractivity contribution in [3.8, 4) is 0 Å². The maximum Gasteiger partial charge on any atom is 0.140 e. The van der Waals surface area contributed by atoms with Gasteiger partial charge in [-0.2, -0.15) is 0 Å². The van der Waals surface area contributed by atoms with Crippen molar-refractivity contribution < 1.29 is 9.59 Å². The standard InChI is InChI=1S/C11H20O2/c1-4-5-10(12)8-11(13)7-6-9(2)3/h9H,4-8H2,1-3H3. The Bertz CT molecular complexity index is 171. The van der Waals surface area contributed by atoms with Crippen LogP contribution in [-0.4, -0.2) is 11.6 Å². The molecule has 0 spiro atoms. The van der Waals surface area contributed by atoms with E-state index in [1.165, 1.54) is 0 Å². The third-order valence-corrected chi connectivity index (χ3v) is 1.92. The Labute approximate surface area is 80.7 Å². The molecule has 76 valence electrons. The van der Waals surface area contributed by atoms with Crippen LogP contribution in [0.5, 0.6) is 0 Å². The molecule has 0 saturated carbocycles. The van der Waals surface area contributed by atoms with Crippen LogP contribution < -0.4 is 0 Å². The van der Waals surface area contributed by atoms with Gasteiger partial charge in [-0.25, -0.2) is 0 Å². The van der Waals surface area contributed by atoms with Crippen LogP contribution in [0.2, 0.25) is 0 Å². The number of rotatable bonds is 7. The summed E-state index contributed by atoms with van der Waals surface area (Å²) in [6, 6.07) is 0. The molecule has 0 aliphatic carbocycles. The van der Waals surface area contributed by atoms with Gasteiger partial charge in [0, 0.05) is 12.8 Å². The number of ketones is 2. The van der Waals surface area contributed by atoms with Crippen LogP contribution in [0.1, 0.15) is 52.9 Å². The summed E-state index contributed by atoms with van der Waals surface area (Å²) in [5.74, 6) is 0.744. The summed E-state index contributed by atoms with van der Waals surface area (Å²) in [7, 11) is 0. The van der Waals surface area contributed by atoms with Crippen LogP contribution >= 0.6 is 0 Å². The van der Waals surface area contributed by atoms with E-state index in [1.807, 2.05) is 6.92 Å². The van der Waals surface area contributed by atoms with Gasteiger partial charge in [-0.3, -0.25) is 9.59 Å². The zero-order valence-corrected chi connectivity index (χ0v) is 8.93. The molecule has 0 aliphatic rings. The highest BCUT2D eigenvalue weighted by Crippen LogP contribution is 2.06. The van der Waals surface area contributed by atoms with Crippen LogP contribution in [-0.2, 0) is 9.59 Å². The average molecular weight is 184 g/mol. The van der Waals surface area contributed by atoms with Crippen LogP contribution in [0.15, 0.2) is 0 Å². The van der Waals surface area contributed by atoms with E-state index in [0.29, 0.717) is 18.8 Å². The predicted molar refractivity (Wildman–Crippen MR) is 53.6 cm³/mol. The first-order valence-corrected chi connectivity index (χ1v) is 5.09. The van der Waals surface area contributed by atoms with Gasteiger partial charge in [0.15, 0.2) is 0 Å². The number of carbonyl (C=O) groups excluding carboxylic acids is 2. The molecule has 13 heavy (non-hydrogen) atoms. The van der Waals surface area contributed by atoms with E-state index in [4.69, 9.17) is 0 Å². The van der Waals surface area contributed by atoms with Gasteiger partial charge in [0.25, 0.3) is 0 Å². The first-order chi connectivity index (χ1) is 6.06. The van der Waals surface area contributed by atoms with Gasteiger partial charge < -0.3 is 0 Å². The predicted octanol–water partition coefficient (Wildman–Crippen LogP) is 2.75. The fraction of sp³-hybridized carbons (Fsp3) is 0.818. The van der Waals surface area contributed by atoms with Crippen molar-refractivity contribution in [2.45, 2.75) is 52.9 Å². The summed E-state index contributed by atoms with van der Waals surface area (Å²) in [6.07, 6.45) is 3.01. The lowest BCUT2D eigenvalue weighted by molar-refractivity contribution is -0.127. The monoisotopic (exact) mass is 184 g/mol. The Morgan fingerprint density at radius 2 is 1.62 bits per heavy atom. The minimum absolute atomic E-state index is 0.0938. The summed E-state index contributed by atoms with van der Waals surface area (Å²) >= 11 is 0. The second kappa shape index (κ2) is 6.81. The second-order valence-electron chi connectivity index (χ2n) is 3.94. The van der Waals surface area contributed by atoms with Gasteiger partial charge in [-0.15, -0.1) is 0 Å². The highest BCUT2D eigenvalue weighted by molar-refractivity contribution is 5.98. The van der Waals surface area contributed by atoms with Crippen molar-refractivity contribution in [3.05, 3.63) is 0 Å². The number of Topliss-reactive ketones (excluding diaryl/α,β-unsaturated/α-hetero) is 2. The van der Waals surface area contributed by atoms with Crippen molar-refractivity contribution >= 4 is 11.6 Å². The zero-order chi connectivity index (χ0) is 10.3. The molecule has 0 radical (unpaired) electrons. The zero-order valence-electron chi connectivity index (χ0n) is 8.93. The molecule has 0 atom stereocenters. The van der Waals surface area contributed by atoms with E-state index in [-0.39, 0.29) is 18.0 Å². The minimum atomic E-state index is 0.0938. The quantitative estimate of drug-likeness (QED) is 0.570. The molecule has 0 heterocycles. The van der Waals surface area contributed by atoms with Gasteiger partial charge >= 0.3 is 0 Å². The summed E-state index contributed by atoms with van der Waals surface area (Å²) < 4.78 is 0. The van der Waals surface area contributed by atoms with Crippen molar-refractivity contribution in [2.24, 2.45) is 5.92 Å². The van der Waals surface area contributed by atoms with E-state index in [0.717, 1.165) is 12.8 Å². The first kappa shape index (κ1) is 12.3. The van der Waals surface area contributed by atoms with E-state index >= 15 is 0 Å². The maximum absolute atomic E-state index is 11.2. The highest BCUT2D eigenvalue weighted by atomic mass is 16.1. The Morgan fingerprint density at radius 3 is 2.08 bits per heavy atom. The lowest BCUT2D eigenvalue weighted by Crippen LogP contribution is -2.08. The van der Waals surface area contributed by atoms with E-state index in [1.54, 1.807) is 0 Å². The summed E-state index contributed by atoms with van der Waals surface area (Å²) in [6.45, 7) is 6.12. The topological polar surface area (TPSA) is 34.1 Å². The molecule has 0 bridgehead atoms. The fourth-order valence-corrected chi connectivity index (χ4v) is 1.13. The SMILES string of the molecule is CCCC(=O)CC(=O)CCC(C)C. The molecule has 0 N–H and O–H groups in total. The molecule has 0 rings (SSSR count). The second-order valence-corrected chi connectivity index (χ2v) is 3.94. The third kappa shape index (κ3) is 7.69. The van der Waals surface area contributed by atoms with Crippen molar-refractivity contribution in [2.75, 3.05) is 0 Å². The summed E-state index contributed by atoms with van der Waals surface area (Å²) in [4.78, 5) is 22.3.